The molecule has 20 heavy (non-hydrogen) atoms. The van der Waals surface area contributed by atoms with Crippen LogP contribution in [-0.4, -0.2) is 19.2 Å². The maximum Gasteiger partial charge on any atom is 0.122 e. The fourth-order valence-electron chi connectivity index (χ4n) is 3.48. The second kappa shape index (κ2) is 7.68. The standard InChI is InChI=1S/C18H29NO/c1-14(13-17-11-7-8-12-18(17)20-3)19-15(2)16-9-5-4-6-10-16/h7-8,11-12,14-16,19H,4-6,9-10,13H2,1-3H3/t14?,15-/m0/s1. The summed E-state index contributed by atoms with van der Waals surface area (Å²) < 4.78 is 5.44. The Kier molecular flexibility index (Phi) is 5.90. The third-order valence-corrected chi connectivity index (χ3v) is 4.62. The first-order valence-corrected chi connectivity index (χ1v) is 8.08. The molecule has 0 aliphatic heterocycles. The summed E-state index contributed by atoms with van der Waals surface area (Å²) in [7, 11) is 1.75. The van der Waals surface area contributed by atoms with E-state index >= 15 is 0 Å². The molecule has 0 saturated heterocycles. The fraction of sp³-hybridized carbons (Fsp3) is 0.667. The van der Waals surface area contributed by atoms with Gasteiger partial charge in [0, 0.05) is 12.1 Å². The average molecular weight is 275 g/mol. The maximum atomic E-state index is 5.44. The molecule has 1 saturated carbocycles. The number of methoxy groups -OCH3 is 1. The zero-order valence-corrected chi connectivity index (χ0v) is 13.2. The van der Waals surface area contributed by atoms with Crippen LogP contribution in [0, 0.1) is 5.92 Å². The Morgan fingerprint density at radius 3 is 2.55 bits per heavy atom. The molecule has 2 atom stereocenters. The van der Waals surface area contributed by atoms with Crippen molar-refractivity contribution < 1.29 is 4.74 Å². The molecule has 2 rings (SSSR count). The second-order valence-electron chi connectivity index (χ2n) is 6.27. The molecule has 1 aromatic rings. The lowest BCUT2D eigenvalue weighted by Crippen LogP contribution is -2.41. The van der Waals surface area contributed by atoms with Gasteiger partial charge in [-0.15, -0.1) is 0 Å². The highest BCUT2D eigenvalue weighted by atomic mass is 16.5. The second-order valence-corrected chi connectivity index (χ2v) is 6.27. The Hall–Kier alpha value is -1.02. The largest absolute Gasteiger partial charge is 0.496 e. The van der Waals surface area contributed by atoms with Gasteiger partial charge in [-0.3, -0.25) is 0 Å². The normalized spacial score (nSPS) is 19.6. The Morgan fingerprint density at radius 2 is 1.85 bits per heavy atom. The van der Waals surface area contributed by atoms with Crippen LogP contribution in [0.5, 0.6) is 5.75 Å². The minimum absolute atomic E-state index is 0.489. The number of nitrogens with one attached hydrogen (secondary N) is 1. The Labute approximate surface area is 123 Å². The van der Waals surface area contributed by atoms with E-state index in [2.05, 4.69) is 31.3 Å². The molecule has 0 amide bonds. The van der Waals surface area contributed by atoms with Crippen LogP contribution < -0.4 is 10.1 Å². The molecule has 0 heterocycles. The van der Waals surface area contributed by atoms with Crippen LogP contribution in [-0.2, 0) is 6.42 Å². The van der Waals surface area contributed by atoms with Gasteiger partial charge in [0.15, 0.2) is 0 Å². The van der Waals surface area contributed by atoms with E-state index in [0.717, 1.165) is 18.1 Å². The predicted molar refractivity (Wildman–Crippen MR) is 85.3 cm³/mol. The summed E-state index contributed by atoms with van der Waals surface area (Å²) in [5, 5.41) is 3.79. The third-order valence-electron chi connectivity index (χ3n) is 4.62. The Bertz CT molecular complexity index is 398. The summed E-state index contributed by atoms with van der Waals surface area (Å²) in [5.41, 5.74) is 1.30. The molecule has 0 spiro atoms. The van der Waals surface area contributed by atoms with Crippen molar-refractivity contribution in [1.29, 1.82) is 0 Å². The highest BCUT2D eigenvalue weighted by Gasteiger charge is 2.21. The molecule has 1 aromatic carbocycles. The van der Waals surface area contributed by atoms with Gasteiger partial charge in [0.25, 0.3) is 0 Å². The van der Waals surface area contributed by atoms with E-state index in [4.69, 9.17) is 4.74 Å². The van der Waals surface area contributed by atoms with Crippen molar-refractivity contribution >= 4 is 0 Å². The summed E-state index contributed by atoms with van der Waals surface area (Å²) in [4.78, 5) is 0. The monoisotopic (exact) mass is 275 g/mol. The van der Waals surface area contributed by atoms with Crippen LogP contribution >= 0.6 is 0 Å². The van der Waals surface area contributed by atoms with Gasteiger partial charge < -0.3 is 10.1 Å². The highest BCUT2D eigenvalue weighted by molar-refractivity contribution is 5.33. The van der Waals surface area contributed by atoms with Gasteiger partial charge in [0.1, 0.15) is 5.75 Å². The maximum absolute atomic E-state index is 5.44. The summed E-state index contributed by atoms with van der Waals surface area (Å²) in [6.45, 7) is 4.64. The number of rotatable bonds is 6. The number of hydrogen-bond acceptors (Lipinski definition) is 2. The molecule has 0 aromatic heterocycles. The molecule has 1 fully saturated rings. The molecule has 1 aliphatic rings. The summed E-state index contributed by atoms with van der Waals surface area (Å²) in [6, 6.07) is 9.46. The van der Waals surface area contributed by atoms with Gasteiger partial charge in [-0.2, -0.15) is 0 Å². The predicted octanol–water partition coefficient (Wildman–Crippen LogP) is 4.18. The van der Waals surface area contributed by atoms with Crippen LogP contribution in [0.25, 0.3) is 0 Å². The molecular weight excluding hydrogens is 246 g/mol. The van der Waals surface area contributed by atoms with E-state index in [1.807, 2.05) is 12.1 Å². The number of hydrogen-bond donors (Lipinski definition) is 1. The van der Waals surface area contributed by atoms with E-state index in [0.29, 0.717) is 12.1 Å². The molecule has 2 nitrogen and oxygen atoms in total. The van der Waals surface area contributed by atoms with Crippen molar-refractivity contribution in [3.63, 3.8) is 0 Å². The minimum Gasteiger partial charge on any atom is -0.496 e. The van der Waals surface area contributed by atoms with E-state index in [1.165, 1.54) is 37.7 Å². The fourth-order valence-corrected chi connectivity index (χ4v) is 3.48. The third kappa shape index (κ3) is 4.24. The van der Waals surface area contributed by atoms with Crippen molar-refractivity contribution in [3.05, 3.63) is 29.8 Å². The van der Waals surface area contributed by atoms with Gasteiger partial charge in [0.05, 0.1) is 7.11 Å². The number of ether oxygens (including phenoxy) is 1. The molecule has 112 valence electrons. The van der Waals surface area contributed by atoms with Crippen LogP contribution in [0.3, 0.4) is 0 Å². The van der Waals surface area contributed by atoms with Crippen molar-refractivity contribution in [2.45, 2.75) is 64.5 Å². The van der Waals surface area contributed by atoms with Crippen LogP contribution in [0.4, 0.5) is 0 Å². The van der Waals surface area contributed by atoms with Crippen molar-refractivity contribution in [2.75, 3.05) is 7.11 Å². The van der Waals surface area contributed by atoms with Crippen molar-refractivity contribution in [3.8, 4) is 5.75 Å². The quantitative estimate of drug-likeness (QED) is 0.840. The molecule has 0 radical (unpaired) electrons. The van der Waals surface area contributed by atoms with Gasteiger partial charge >= 0.3 is 0 Å². The smallest absolute Gasteiger partial charge is 0.122 e. The summed E-state index contributed by atoms with van der Waals surface area (Å²) in [5.74, 6) is 1.87. The van der Waals surface area contributed by atoms with Crippen molar-refractivity contribution in [1.82, 2.24) is 5.32 Å². The lowest BCUT2D eigenvalue weighted by Gasteiger charge is -2.31. The average Bonchev–Trinajstić information content (AvgIpc) is 2.48. The minimum atomic E-state index is 0.489. The van der Waals surface area contributed by atoms with E-state index in [9.17, 15) is 0 Å². The van der Waals surface area contributed by atoms with Crippen LogP contribution in [0.1, 0.15) is 51.5 Å². The lowest BCUT2D eigenvalue weighted by atomic mass is 9.84. The van der Waals surface area contributed by atoms with E-state index < -0.39 is 0 Å². The molecule has 1 unspecified atom stereocenters. The first kappa shape index (κ1) is 15.4. The van der Waals surface area contributed by atoms with Crippen LogP contribution in [0.2, 0.25) is 0 Å². The van der Waals surface area contributed by atoms with Gasteiger partial charge in [-0.1, -0.05) is 37.5 Å². The molecule has 1 N–H and O–H groups in total. The number of para-hydroxylation sites is 1. The molecule has 2 heteroatoms. The van der Waals surface area contributed by atoms with Crippen LogP contribution in [0.15, 0.2) is 24.3 Å². The van der Waals surface area contributed by atoms with E-state index in [1.54, 1.807) is 7.11 Å². The van der Waals surface area contributed by atoms with E-state index in [-0.39, 0.29) is 0 Å². The number of benzene rings is 1. The summed E-state index contributed by atoms with van der Waals surface area (Å²) >= 11 is 0. The summed E-state index contributed by atoms with van der Waals surface area (Å²) in [6.07, 6.45) is 8.08. The molecule has 1 aliphatic carbocycles. The van der Waals surface area contributed by atoms with Crippen molar-refractivity contribution in [2.24, 2.45) is 5.92 Å². The Morgan fingerprint density at radius 1 is 1.15 bits per heavy atom. The molecule has 0 bridgehead atoms. The molecular formula is C18H29NO. The zero-order valence-electron chi connectivity index (χ0n) is 13.2. The SMILES string of the molecule is COc1ccccc1CC(C)N[C@@H](C)C1CCCCC1. The topological polar surface area (TPSA) is 21.3 Å². The Balaban J connectivity index is 1.86. The first-order valence-electron chi connectivity index (χ1n) is 8.08. The van der Waals surface area contributed by atoms with Gasteiger partial charge in [-0.05, 0) is 50.7 Å². The van der Waals surface area contributed by atoms with Gasteiger partial charge in [-0.25, -0.2) is 0 Å². The lowest BCUT2D eigenvalue weighted by molar-refractivity contribution is 0.266. The van der Waals surface area contributed by atoms with Gasteiger partial charge in [0.2, 0.25) is 0 Å². The highest BCUT2D eigenvalue weighted by Crippen LogP contribution is 2.27. The zero-order chi connectivity index (χ0) is 14.4. The first-order chi connectivity index (χ1) is 9.70.